The van der Waals surface area contributed by atoms with Gasteiger partial charge in [0.15, 0.2) is 5.11 Å². The highest BCUT2D eigenvalue weighted by atomic mass is 32.1. The fourth-order valence-corrected chi connectivity index (χ4v) is 2.07. The molecule has 0 aliphatic rings. The van der Waals surface area contributed by atoms with Gasteiger partial charge in [0.2, 0.25) is 0 Å². The van der Waals surface area contributed by atoms with Crippen molar-refractivity contribution < 1.29 is 4.74 Å². The molecule has 126 valence electrons. The number of thiocarbonyl (C=S) groups is 1. The summed E-state index contributed by atoms with van der Waals surface area (Å²) in [6, 6.07) is 6.63. The second-order valence-electron chi connectivity index (χ2n) is 4.75. The van der Waals surface area contributed by atoms with Gasteiger partial charge in [0.25, 0.3) is 5.56 Å². The first kappa shape index (κ1) is 17.4. The van der Waals surface area contributed by atoms with Crippen LogP contribution in [0.25, 0.3) is 5.69 Å². The Kier molecular flexibility index (Phi) is 5.48. The topological polar surface area (TPSA) is 114 Å². The number of rotatable bonds is 5. The van der Waals surface area contributed by atoms with E-state index in [9.17, 15) is 9.59 Å². The van der Waals surface area contributed by atoms with Crippen LogP contribution in [0.5, 0.6) is 5.75 Å². The minimum absolute atomic E-state index is 0.0226. The molecular weight excluding hydrogens is 330 g/mol. The average Bonchev–Trinajstić information content (AvgIpc) is 2.54. The Morgan fingerprint density at radius 1 is 1.38 bits per heavy atom. The maximum Gasteiger partial charge on any atom is 0.333 e. The lowest BCUT2D eigenvalue weighted by Gasteiger charge is -2.08. The summed E-state index contributed by atoms with van der Waals surface area (Å²) in [5, 5.41) is 3.88. The summed E-state index contributed by atoms with van der Waals surface area (Å²) in [7, 11) is 0. The number of H-pyrrole nitrogens is 1. The van der Waals surface area contributed by atoms with Gasteiger partial charge in [0, 0.05) is 6.20 Å². The van der Waals surface area contributed by atoms with Gasteiger partial charge in [-0.1, -0.05) is 0 Å². The number of ether oxygens (including phenoxy) is 1. The molecule has 0 spiro atoms. The normalized spacial score (nSPS) is 11.2. The minimum Gasteiger partial charge on any atom is -0.494 e. The van der Waals surface area contributed by atoms with Crippen LogP contribution >= 0.6 is 12.2 Å². The predicted molar refractivity (Wildman–Crippen MR) is 96.0 cm³/mol. The number of nitrogens with zero attached hydrogens (tertiary/aromatic N) is 2. The second kappa shape index (κ2) is 7.55. The number of benzene rings is 1. The van der Waals surface area contributed by atoms with E-state index in [1.807, 2.05) is 6.92 Å². The fourth-order valence-electron chi connectivity index (χ4n) is 2.02. The summed E-state index contributed by atoms with van der Waals surface area (Å²) in [5.41, 5.74) is 7.62. The molecule has 24 heavy (non-hydrogen) atoms. The number of aromatic amines is 1. The molecule has 0 atom stereocenters. The van der Waals surface area contributed by atoms with Gasteiger partial charge in [-0.25, -0.2) is 9.36 Å². The molecule has 1 aromatic heterocycles. The third-order valence-corrected chi connectivity index (χ3v) is 3.20. The van der Waals surface area contributed by atoms with E-state index in [1.54, 1.807) is 31.2 Å². The lowest BCUT2D eigenvalue weighted by Crippen LogP contribution is -2.37. The van der Waals surface area contributed by atoms with Crippen LogP contribution in [0.2, 0.25) is 0 Å². The summed E-state index contributed by atoms with van der Waals surface area (Å²) < 4.78 is 6.37. The summed E-state index contributed by atoms with van der Waals surface area (Å²) >= 11 is 4.66. The number of hydrogen-bond acceptors (Lipinski definition) is 5. The van der Waals surface area contributed by atoms with E-state index in [-0.39, 0.29) is 10.7 Å². The van der Waals surface area contributed by atoms with Gasteiger partial charge < -0.3 is 15.5 Å². The third-order valence-electron chi connectivity index (χ3n) is 3.11. The quantitative estimate of drug-likeness (QED) is 0.412. The van der Waals surface area contributed by atoms with E-state index < -0.39 is 11.2 Å². The fraction of sp³-hybridized carbons (Fsp3) is 0.200. The second-order valence-corrected chi connectivity index (χ2v) is 5.19. The number of hydrazone groups is 1. The van der Waals surface area contributed by atoms with Gasteiger partial charge in [-0.3, -0.25) is 10.2 Å². The third kappa shape index (κ3) is 3.87. The largest absolute Gasteiger partial charge is 0.494 e. The summed E-state index contributed by atoms with van der Waals surface area (Å²) in [6.07, 6.45) is 1.30. The van der Waals surface area contributed by atoms with Crippen LogP contribution in [0.15, 0.2) is 45.2 Å². The van der Waals surface area contributed by atoms with E-state index >= 15 is 0 Å². The molecule has 0 unspecified atom stereocenters. The standard InChI is InChI=1S/C15H17N5O3S/c1-3-23-11-6-4-10(5-7-11)20-13(21)12(8-17-15(20)22)9(2)18-19-14(16)24/h4-8H,3H2,1-2H3,(H,17,22)(H3,16,19,24)/b18-9-. The number of hydrogen-bond donors (Lipinski definition) is 3. The lowest BCUT2D eigenvalue weighted by atomic mass is 10.2. The van der Waals surface area contributed by atoms with Crippen LogP contribution in [0, 0.1) is 0 Å². The zero-order chi connectivity index (χ0) is 17.7. The highest BCUT2D eigenvalue weighted by Crippen LogP contribution is 2.13. The highest BCUT2D eigenvalue weighted by molar-refractivity contribution is 7.80. The van der Waals surface area contributed by atoms with Crippen molar-refractivity contribution in [1.29, 1.82) is 0 Å². The average molecular weight is 347 g/mol. The van der Waals surface area contributed by atoms with E-state index in [0.717, 1.165) is 4.57 Å². The van der Waals surface area contributed by atoms with Gasteiger partial charge in [0.1, 0.15) is 5.75 Å². The van der Waals surface area contributed by atoms with Gasteiger partial charge >= 0.3 is 5.69 Å². The van der Waals surface area contributed by atoms with Gasteiger partial charge in [-0.2, -0.15) is 5.10 Å². The monoisotopic (exact) mass is 347 g/mol. The molecule has 9 heteroatoms. The smallest absolute Gasteiger partial charge is 0.333 e. The molecule has 0 bridgehead atoms. The first-order chi connectivity index (χ1) is 11.4. The Morgan fingerprint density at radius 2 is 2.04 bits per heavy atom. The number of nitrogens with one attached hydrogen (secondary N) is 2. The Labute approximate surface area is 143 Å². The van der Waals surface area contributed by atoms with Crippen LogP contribution in [0.1, 0.15) is 19.4 Å². The Hall–Kier alpha value is -2.94. The van der Waals surface area contributed by atoms with E-state index in [2.05, 4.69) is 27.7 Å². The van der Waals surface area contributed by atoms with Crippen LogP contribution in [-0.2, 0) is 0 Å². The zero-order valence-electron chi connectivity index (χ0n) is 13.2. The van der Waals surface area contributed by atoms with Crippen LogP contribution < -0.4 is 27.1 Å². The molecule has 2 rings (SSSR count). The molecule has 0 aliphatic heterocycles. The van der Waals surface area contributed by atoms with E-state index in [4.69, 9.17) is 10.5 Å². The first-order valence-electron chi connectivity index (χ1n) is 7.12. The van der Waals surface area contributed by atoms with Gasteiger partial charge in [-0.15, -0.1) is 0 Å². The minimum atomic E-state index is -0.553. The van der Waals surface area contributed by atoms with E-state index in [1.165, 1.54) is 6.20 Å². The molecular formula is C15H17N5O3S. The predicted octanol–water partition coefficient (Wildman–Crippen LogP) is 0.482. The summed E-state index contributed by atoms with van der Waals surface area (Å²) in [4.78, 5) is 27.2. The van der Waals surface area contributed by atoms with Crippen LogP contribution in [0.4, 0.5) is 0 Å². The summed E-state index contributed by atoms with van der Waals surface area (Å²) in [5.74, 6) is 0.653. The number of aromatic nitrogens is 2. The zero-order valence-corrected chi connectivity index (χ0v) is 14.0. The van der Waals surface area contributed by atoms with Crippen molar-refractivity contribution in [2.45, 2.75) is 13.8 Å². The molecule has 8 nitrogen and oxygen atoms in total. The van der Waals surface area contributed by atoms with Crippen LogP contribution in [0.3, 0.4) is 0 Å². The maximum absolute atomic E-state index is 12.6. The van der Waals surface area contributed by atoms with E-state index in [0.29, 0.717) is 23.8 Å². The van der Waals surface area contributed by atoms with Crippen molar-refractivity contribution in [1.82, 2.24) is 15.0 Å². The molecule has 2 aromatic rings. The van der Waals surface area contributed by atoms with Crippen molar-refractivity contribution in [3.63, 3.8) is 0 Å². The molecule has 0 saturated carbocycles. The molecule has 4 N–H and O–H groups in total. The Bertz CT molecular complexity index is 883. The van der Waals surface area contributed by atoms with Gasteiger partial charge in [-0.05, 0) is 50.3 Å². The molecule has 0 saturated heterocycles. The van der Waals surface area contributed by atoms with Crippen molar-refractivity contribution in [2.75, 3.05) is 6.61 Å². The van der Waals surface area contributed by atoms with Crippen LogP contribution in [-0.4, -0.2) is 27.0 Å². The SMILES string of the molecule is CCOc1ccc(-n2c(=O)[nH]cc(/C(C)=N\NC(N)=S)c2=O)cc1. The van der Waals surface area contributed by atoms with Crippen molar-refractivity contribution >= 4 is 23.0 Å². The highest BCUT2D eigenvalue weighted by Gasteiger charge is 2.12. The molecule has 1 heterocycles. The number of nitrogens with two attached hydrogens (primary N) is 1. The van der Waals surface area contributed by atoms with Crippen molar-refractivity contribution in [3.8, 4) is 11.4 Å². The van der Waals surface area contributed by atoms with Gasteiger partial charge in [0.05, 0.1) is 23.6 Å². The Morgan fingerprint density at radius 3 is 2.62 bits per heavy atom. The summed E-state index contributed by atoms with van der Waals surface area (Å²) in [6.45, 7) is 4.00. The molecule has 0 radical (unpaired) electrons. The lowest BCUT2D eigenvalue weighted by molar-refractivity contribution is 0.340. The Balaban J connectivity index is 2.49. The van der Waals surface area contributed by atoms with Crippen molar-refractivity contribution in [3.05, 3.63) is 56.9 Å². The molecule has 1 aromatic carbocycles. The van der Waals surface area contributed by atoms with Crippen molar-refractivity contribution in [2.24, 2.45) is 10.8 Å². The molecule has 0 amide bonds. The molecule has 0 fully saturated rings. The maximum atomic E-state index is 12.6. The molecule has 0 aliphatic carbocycles. The first-order valence-corrected chi connectivity index (χ1v) is 7.53.